The van der Waals surface area contributed by atoms with Crippen LogP contribution in [0.5, 0.6) is 0 Å². The fourth-order valence-electron chi connectivity index (χ4n) is 3.74. The summed E-state index contributed by atoms with van der Waals surface area (Å²) in [5.74, 6) is 6.87. The van der Waals surface area contributed by atoms with Crippen LogP contribution in [0.15, 0.2) is 24.3 Å². The SMILES string of the molecule is COC(=O)C12CCC(C#Cc3ccc(C)cc3)(CC1)CC2. The van der Waals surface area contributed by atoms with E-state index in [1.807, 2.05) is 0 Å². The van der Waals surface area contributed by atoms with E-state index < -0.39 is 0 Å². The Labute approximate surface area is 126 Å². The van der Waals surface area contributed by atoms with Crippen LogP contribution in [0.4, 0.5) is 0 Å². The lowest BCUT2D eigenvalue weighted by Gasteiger charge is -2.49. The van der Waals surface area contributed by atoms with Gasteiger partial charge in [0.2, 0.25) is 0 Å². The van der Waals surface area contributed by atoms with Gasteiger partial charge >= 0.3 is 5.97 Å². The van der Waals surface area contributed by atoms with Gasteiger partial charge in [0.25, 0.3) is 0 Å². The fraction of sp³-hybridized carbons (Fsp3) is 0.526. The number of ether oxygens (including phenoxy) is 1. The van der Waals surface area contributed by atoms with Gasteiger partial charge < -0.3 is 4.74 Å². The third-order valence-electron chi connectivity index (χ3n) is 5.39. The second-order valence-electron chi connectivity index (χ2n) is 6.67. The summed E-state index contributed by atoms with van der Waals surface area (Å²) in [5.41, 5.74) is 2.27. The summed E-state index contributed by atoms with van der Waals surface area (Å²) >= 11 is 0. The summed E-state index contributed by atoms with van der Waals surface area (Å²) in [5, 5.41) is 0. The molecule has 3 aliphatic carbocycles. The minimum atomic E-state index is -0.206. The average molecular weight is 282 g/mol. The second-order valence-corrected chi connectivity index (χ2v) is 6.67. The Morgan fingerprint density at radius 1 is 1.05 bits per heavy atom. The molecule has 0 N–H and O–H groups in total. The number of carbonyl (C=O) groups is 1. The molecular formula is C19H22O2. The number of esters is 1. The molecule has 0 unspecified atom stereocenters. The summed E-state index contributed by atoms with van der Waals surface area (Å²) in [6.45, 7) is 2.09. The zero-order valence-corrected chi connectivity index (χ0v) is 12.9. The van der Waals surface area contributed by atoms with E-state index in [0.717, 1.165) is 44.1 Å². The van der Waals surface area contributed by atoms with Gasteiger partial charge in [-0.15, -0.1) is 0 Å². The molecule has 4 rings (SSSR count). The van der Waals surface area contributed by atoms with E-state index in [-0.39, 0.29) is 16.8 Å². The summed E-state index contributed by atoms with van der Waals surface area (Å²) in [7, 11) is 1.50. The van der Waals surface area contributed by atoms with Crippen molar-refractivity contribution in [3.05, 3.63) is 35.4 Å². The molecule has 0 aliphatic heterocycles. The minimum absolute atomic E-state index is 0.0118. The summed E-state index contributed by atoms with van der Waals surface area (Å²) in [6, 6.07) is 8.38. The van der Waals surface area contributed by atoms with Crippen molar-refractivity contribution >= 4 is 5.97 Å². The quantitative estimate of drug-likeness (QED) is 0.577. The largest absolute Gasteiger partial charge is 0.469 e. The Bertz CT molecular complexity index is 576. The smallest absolute Gasteiger partial charge is 0.311 e. The first-order valence-electron chi connectivity index (χ1n) is 7.76. The van der Waals surface area contributed by atoms with Gasteiger partial charge in [-0.2, -0.15) is 0 Å². The lowest BCUT2D eigenvalue weighted by atomic mass is 9.54. The highest BCUT2D eigenvalue weighted by Crippen LogP contribution is 2.57. The van der Waals surface area contributed by atoms with Crippen molar-refractivity contribution in [2.24, 2.45) is 10.8 Å². The Balaban J connectivity index is 1.75. The monoisotopic (exact) mass is 282 g/mol. The number of hydrogen-bond acceptors (Lipinski definition) is 2. The van der Waals surface area contributed by atoms with Crippen molar-refractivity contribution in [3.63, 3.8) is 0 Å². The van der Waals surface area contributed by atoms with Gasteiger partial charge in [-0.05, 0) is 57.6 Å². The van der Waals surface area contributed by atoms with Gasteiger partial charge in [0, 0.05) is 11.0 Å². The van der Waals surface area contributed by atoms with E-state index in [1.54, 1.807) is 0 Å². The maximum atomic E-state index is 12.0. The predicted molar refractivity (Wildman–Crippen MR) is 82.6 cm³/mol. The molecular weight excluding hydrogens is 260 g/mol. The highest BCUT2D eigenvalue weighted by molar-refractivity contribution is 5.77. The molecule has 3 fully saturated rings. The maximum absolute atomic E-state index is 12.0. The minimum Gasteiger partial charge on any atom is -0.469 e. The van der Waals surface area contributed by atoms with Crippen LogP contribution < -0.4 is 0 Å². The van der Waals surface area contributed by atoms with E-state index in [1.165, 1.54) is 12.7 Å². The molecule has 0 radical (unpaired) electrons. The van der Waals surface area contributed by atoms with Gasteiger partial charge in [0.05, 0.1) is 12.5 Å². The van der Waals surface area contributed by atoms with Crippen molar-refractivity contribution in [1.82, 2.24) is 0 Å². The second kappa shape index (κ2) is 5.22. The van der Waals surface area contributed by atoms with Gasteiger partial charge in [-0.3, -0.25) is 4.79 Å². The van der Waals surface area contributed by atoms with E-state index in [9.17, 15) is 4.79 Å². The van der Waals surface area contributed by atoms with Crippen LogP contribution in [0.2, 0.25) is 0 Å². The highest BCUT2D eigenvalue weighted by Gasteiger charge is 2.52. The first kappa shape index (κ1) is 14.2. The molecule has 0 saturated heterocycles. The van der Waals surface area contributed by atoms with Crippen molar-refractivity contribution in [1.29, 1.82) is 0 Å². The lowest BCUT2D eigenvalue weighted by molar-refractivity contribution is -0.160. The Morgan fingerprint density at radius 2 is 1.62 bits per heavy atom. The molecule has 3 aliphatic rings. The average Bonchev–Trinajstić information content (AvgIpc) is 2.55. The Kier molecular flexibility index (Phi) is 3.53. The van der Waals surface area contributed by atoms with Crippen LogP contribution in [0.1, 0.15) is 49.7 Å². The molecule has 0 aromatic heterocycles. The van der Waals surface area contributed by atoms with Gasteiger partial charge in [0.1, 0.15) is 0 Å². The molecule has 2 heteroatoms. The Morgan fingerprint density at radius 3 is 2.14 bits per heavy atom. The van der Waals surface area contributed by atoms with E-state index in [4.69, 9.17) is 4.74 Å². The molecule has 2 nitrogen and oxygen atoms in total. The van der Waals surface area contributed by atoms with E-state index in [2.05, 4.69) is 43.0 Å². The number of hydrogen-bond donors (Lipinski definition) is 0. The molecule has 0 heterocycles. The van der Waals surface area contributed by atoms with Crippen LogP contribution in [-0.4, -0.2) is 13.1 Å². The molecule has 1 aromatic rings. The Hall–Kier alpha value is -1.75. The first-order valence-corrected chi connectivity index (χ1v) is 7.76. The normalized spacial score (nSPS) is 30.4. The molecule has 3 saturated carbocycles. The van der Waals surface area contributed by atoms with Crippen molar-refractivity contribution in [2.75, 3.05) is 7.11 Å². The summed E-state index contributed by atoms with van der Waals surface area (Å²) in [4.78, 5) is 12.0. The van der Waals surface area contributed by atoms with Crippen molar-refractivity contribution in [2.45, 2.75) is 45.4 Å². The molecule has 0 spiro atoms. The fourth-order valence-corrected chi connectivity index (χ4v) is 3.74. The molecule has 0 amide bonds. The van der Waals surface area contributed by atoms with E-state index >= 15 is 0 Å². The van der Waals surface area contributed by atoms with Crippen molar-refractivity contribution in [3.8, 4) is 11.8 Å². The van der Waals surface area contributed by atoms with Crippen LogP contribution >= 0.6 is 0 Å². The van der Waals surface area contributed by atoms with Gasteiger partial charge in [-0.1, -0.05) is 29.5 Å². The number of benzene rings is 1. The molecule has 0 atom stereocenters. The first-order chi connectivity index (χ1) is 10.1. The van der Waals surface area contributed by atoms with Crippen LogP contribution in [0, 0.1) is 29.6 Å². The highest BCUT2D eigenvalue weighted by atomic mass is 16.5. The molecule has 21 heavy (non-hydrogen) atoms. The summed E-state index contributed by atoms with van der Waals surface area (Å²) < 4.78 is 5.01. The zero-order valence-electron chi connectivity index (χ0n) is 12.9. The van der Waals surface area contributed by atoms with Gasteiger partial charge in [0.15, 0.2) is 0 Å². The number of methoxy groups -OCH3 is 1. The molecule has 110 valence electrons. The molecule has 1 aromatic carbocycles. The topological polar surface area (TPSA) is 26.3 Å². The van der Waals surface area contributed by atoms with Crippen LogP contribution in [0.25, 0.3) is 0 Å². The number of fused-ring (bicyclic) bond motifs is 3. The lowest BCUT2D eigenvalue weighted by Crippen LogP contribution is -2.45. The van der Waals surface area contributed by atoms with Crippen molar-refractivity contribution < 1.29 is 9.53 Å². The maximum Gasteiger partial charge on any atom is 0.311 e. The standard InChI is InChI=1S/C19H22O2/c1-15-3-5-16(6-4-15)7-8-18-9-12-19(13-10-18,14-11-18)17(20)21-2/h3-6H,9-14H2,1-2H3. The number of aryl methyl sites for hydroxylation is 1. The molecule has 2 bridgehead atoms. The third-order valence-corrected chi connectivity index (χ3v) is 5.39. The third kappa shape index (κ3) is 2.58. The van der Waals surface area contributed by atoms with Gasteiger partial charge in [-0.25, -0.2) is 0 Å². The number of carbonyl (C=O) groups excluding carboxylic acids is 1. The zero-order chi connectivity index (χ0) is 14.9. The van der Waals surface area contributed by atoms with Crippen LogP contribution in [0.3, 0.4) is 0 Å². The van der Waals surface area contributed by atoms with Crippen LogP contribution in [-0.2, 0) is 9.53 Å². The number of rotatable bonds is 1. The predicted octanol–water partition coefficient (Wildman–Crippen LogP) is 3.86. The summed E-state index contributed by atoms with van der Waals surface area (Å²) in [6.07, 6.45) is 5.88. The van der Waals surface area contributed by atoms with E-state index in [0.29, 0.717) is 0 Å².